The van der Waals surface area contributed by atoms with Crippen molar-refractivity contribution in [2.75, 3.05) is 18.5 Å². The number of hydrogen-bond donors (Lipinski definition) is 1. The van der Waals surface area contributed by atoms with E-state index in [0.717, 1.165) is 6.54 Å². The summed E-state index contributed by atoms with van der Waals surface area (Å²) >= 11 is 0. The number of aromatic nitrogens is 1. The number of anilines is 1. The minimum Gasteiger partial charge on any atom is -0.357 e. The zero-order valence-electron chi connectivity index (χ0n) is 10.4. The van der Waals surface area contributed by atoms with Gasteiger partial charge >= 0.3 is 0 Å². The zero-order chi connectivity index (χ0) is 12.3. The van der Waals surface area contributed by atoms with Crippen LogP contribution in [0.2, 0.25) is 0 Å². The van der Waals surface area contributed by atoms with E-state index in [1.807, 2.05) is 11.9 Å². The van der Waals surface area contributed by atoms with Gasteiger partial charge in [-0.1, -0.05) is 20.8 Å². The smallest absolute Gasteiger partial charge is 0.170 e. The second-order valence-corrected chi connectivity index (χ2v) is 5.23. The van der Waals surface area contributed by atoms with E-state index in [-0.39, 0.29) is 17.8 Å². The number of nitrogens with two attached hydrogens (primary N) is 1. The molecule has 2 N–H and O–H groups in total. The van der Waals surface area contributed by atoms with Crippen LogP contribution in [0.1, 0.15) is 26.3 Å². The highest BCUT2D eigenvalue weighted by atomic mass is 19.1. The van der Waals surface area contributed by atoms with Crippen LogP contribution in [0.4, 0.5) is 10.2 Å². The number of hydrogen-bond acceptors (Lipinski definition) is 3. The van der Waals surface area contributed by atoms with Crippen LogP contribution in [-0.4, -0.2) is 18.6 Å². The molecule has 0 amide bonds. The van der Waals surface area contributed by atoms with E-state index in [0.29, 0.717) is 11.4 Å². The van der Waals surface area contributed by atoms with Crippen molar-refractivity contribution in [1.29, 1.82) is 0 Å². The predicted molar refractivity (Wildman–Crippen MR) is 64.8 cm³/mol. The molecule has 90 valence electrons. The number of nitrogens with zero attached hydrogens (tertiary/aromatic N) is 2. The first-order chi connectivity index (χ1) is 7.35. The number of rotatable bonds is 3. The van der Waals surface area contributed by atoms with Crippen LogP contribution >= 0.6 is 0 Å². The molecule has 0 aliphatic carbocycles. The minimum atomic E-state index is -0.309. The lowest BCUT2D eigenvalue weighted by atomic mass is 9.96. The molecule has 0 aliphatic heterocycles. The fraction of sp³-hybridized carbons (Fsp3) is 0.583. The summed E-state index contributed by atoms with van der Waals surface area (Å²) in [5.74, 6) is 0.0645. The quantitative estimate of drug-likeness (QED) is 0.857. The molecule has 0 aromatic carbocycles. The van der Waals surface area contributed by atoms with E-state index in [1.165, 1.54) is 0 Å². The lowest BCUT2D eigenvalue weighted by molar-refractivity contribution is 0.415. The van der Waals surface area contributed by atoms with Gasteiger partial charge in [0, 0.05) is 31.9 Å². The maximum absolute atomic E-state index is 13.9. The first-order valence-corrected chi connectivity index (χ1v) is 5.40. The van der Waals surface area contributed by atoms with Crippen molar-refractivity contribution in [1.82, 2.24) is 4.98 Å². The molecule has 0 saturated heterocycles. The molecular formula is C12H20FN3. The predicted octanol–water partition coefficient (Wildman–Crippen LogP) is 2.16. The second-order valence-electron chi connectivity index (χ2n) is 5.23. The van der Waals surface area contributed by atoms with E-state index in [2.05, 4.69) is 25.8 Å². The Morgan fingerprint density at radius 1 is 1.44 bits per heavy atom. The highest BCUT2D eigenvalue weighted by Gasteiger charge is 2.18. The highest BCUT2D eigenvalue weighted by molar-refractivity contribution is 5.42. The van der Waals surface area contributed by atoms with Gasteiger partial charge < -0.3 is 10.6 Å². The molecule has 0 fully saturated rings. The first-order valence-electron chi connectivity index (χ1n) is 5.40. The van der Waals surface area contributed by atoms with Gasteiger partial charge in [0.25, 0.3) is 0 Å². The highest BCUT2D eigenvalue weighted by Crippen LogP contribution is 2.22. The molecule has 1 aromatic rings. The summed E-state index contributed by atoms with van der Waals surface area (Å²) in [7, 11) is 1.84. The third kappa shape index (κ3) is 3.17. The Kier molecular flexibility index (Phi) is 3.86. The molecule has 0 saturated carbocycles. The third-order valence-corrected chi connectivity index (χ3v) is 2.24. The Morgan fingerprint density at radius 2 is 2.06 bits per heavy atom. The van der Waals surface area contributed by atoms with Crippen molar-refractivity contribution in [3.63, 3.8) is 0 Å². The summed E-state index contributed by atoms with van der Waals surface area (Å²) in [5, 5.41) is 0. The lowest BCUT2D eigenvalue weighted by Gasteiger charge is -2.27. The molecule has 4 heteroatoms. The van der Waals surface area contributed by atoms with Gasteiger partial charge in [0.05, 0.1) is 0 Å². The van der Waals surface area contributed by atoms with Crippen LogP contribution in [0, 0.1) is 11.2 Å². The molecule has 0 bridgehead atoms. The van der Waals surface area contributed by atoms with Crippen molar-refractivity contribution < 1.29 is 4.39 Å². The van der Waals surface area contributed by atoms with Crippen LogP contribution in [-0.2, 0) is 6.54 Å². The Morgan fingerprint density at radius 3 is 2.56 bits per heavy atom. The molecule has 16 heavy (non-hydrogen) atoms. The third-order valence-electron chi connectivity index (χ3n) is 2.24. The van der Waals surface area contributed by atoms with Gasteiger partial charge in [-0.15, -0.1) is 0 Å². The van der Waals surface area contributed by atoms with E-state index < -0.39 is 0 Å². The zero-order valence-corrected chi connectivity index (χ0v) is 10.4. The van der Waals surface area contributed by atoms with Crippen LogP contribution in [0.5, 0.6) is 0 Å². The molecule has 0 radical (unpaired) electrons. The Bertz CT molecular complexity index is 358. The van der Waals surface area contributed by atoms with E-state index >= 15 is 0 Å². The normalized spacial score (nSPS) is 11.6. The van der Waals surface area contributed by atoms with E-state index in [4.69, 9.17) is 5.73 Å². The van der Waals surface area contributed by atoms with E-state index in [1.54, 1.807) is 12.3 Å². The molecule has 0 spiro atoms. The largest absolute Gasteiger partial charge is 0.357 e. The molecule has 1 rings (SSSR count). The molecule has 1 aromatic heterocycles. The van der Waals surface area contributed by atoms with Crippen LogP contribution < -0.4 is 10.6 Å². The molecular weight excluding hydrogens is 205 g/mol. The van der Waals surface area contributed by atoms with Gasteiger partial charge in [-0.3, -0.25) is 0 Å². The Balaban J connectivity index is 2.95. The molecule has 3 nitrogen and oxygen atoms in total. The molecule has 1 heterocycles. The monoisotopic (exact) mass is 225 g/mol. The van der Waals surface area contributed by atoms with Gasteiger partial charge in [0.15, 0.2) is 11.6 Å². The Hall–Kier alpha value is -1.16. The average Bonchev–Trinajstić information content (AvgIpc) is 2.15. The summed E-state index contributed by atoms with van der Waals surface area (Å²) in [5.41, 5.74) is 6.06. The van der Waals surface area contributed by atoms with E-state index in [9.17, 15) is 4.39 Å². The summed E-state index contributed by atoms with van der Waals surface area (Å²) in [6, 6.07) is 1.61. The lowest BCUT2D eigenvalue weighted by Crippen LogP contribution is -2.30. The minimum absolute atomic E-state index is 0.0988. The topological polar surface area (TPSA) is 42.2 Å². The fourth-order valence-electron chi connectivity index (χ4n) is 1.68. The molecule has 0 unspecified atom stereocenters. The van der Waals surface area contributed by atoms with Gasteiger partial charge in [-0.05, 0) is 11.5 Å². The average molecular weight is 225 g/mol. The van der Waals surface area contributed by atoms with Gasteiger partial charge in [-0.2, -0.15) is 0 Å². The number of halogens is 1. The van der Waals surface area contributed by atoms with Crippen molar-refractivity contribution in [2.45, 2.75) is 27.3 Å². The fourth-order valence-corrected chi connectivity index (χ4v) is 1.68. The standard InChI is InChI=1S/C12H20FN3/c1-12(2,3)8-16(4)11-10(13)9(7-14)5-6-15-11/h5-6H,7-8,14H2,1-4H3. The van der Waals surface area contributed by atoms with Crippen molar-refractivity contribution >= 4 is 5.82 Å². The van der Waals surface area contributed by atoms with Crippen LogP contribution in [0.3, 0.4) is 0 Å². The number of pyridine rings is 1. The van der Waals surface area contributed by atoms with Crippen molar-refractivity contribution in [2.24, 2.45) is 11.1 Å². The summed E-state index contributed by atoms with van der Waals surface area (Å²) in [4.78, 5) is 5.89. The summed E-state index contributed by atoms with van der Waals surface area (Å²) < 4.78 is 13.9. The maximum atomic E-state index is 13.9. The molecule has 0 atom stereocenters. The van der Waals surface area contributed by atoms with Gasteiger partial charge in [0.2, 0.25) is 0 Å². The van der Waals surface area contributed by atoms with Crippen LogP contribution in [0.25, 0.3) is 0 Å². The second kappa shape index (κ2) is 4.78. The summed E-state index contributed by atoms with van der Waals surface area (Å²) in [6.45, 7) is 7.26. The summed E-state index contributed by atoms with van der Waals surface area (Å²) in [6.07, 6.45) is 1.60. The van der Waals surface area contributed by atoms with Crippen LogP contribution in [0.15, 0.2) is 12.3 Å². The maximum Gasteiger partial charge on any atom is 0.170 e. The first kappa shape index (κ1) is 12.9. The van der Waals surface area contributed by atoms with Gasteiger partial charge in [-0.25, -0.2) is 9.37 Å². The Labute approximate surface area is 96.5 Å². The molecule has 0 aliphatic rings. The SMILES string of the molecule is CN(CC(C)(C)C)c1nccc(CN)c1F. The van der Waals surface area contributed by atoms with Gasteiger partial charge in [0.1, 0.15) is 0 Å². The van der Waals surface area contributed by atoms with Crippen molar-refractivity contribution in [3.05, 3.63) is 23.6 Å². The van der Waals surface area contributed by atoms with Crippen molar-refractivity contribution in [3.8, 4) is 0 Å².